The predicted octanol–water partition coefficient (Wildman–Crippen LogP) is 3.43. The zero-order chi connectivity index (χ0) is 19.4. The Morgan fingerprint density at radius 1 is 1.15 bits per heavy atom. The molecule has 1 atom stereocenters. The van der Waals surface area contributed by atoms with Gasteiger partial charge in [-0.1, -0.05) is 18.2 Å². The molecule has 0 aliphatic rings. The van der Waals surface area contributed by atoms with Gasteiger partial charge in [0.1, 0.15) is 5.69 Å². The summed E-state index contributed by atoms with van der Waals surface area (Å²) in [6.07, 6.45) is 0. The summed E-state index contributed by atoms with van der Waals surface area (Å²) in [5, 5.41) is 3.46. The number of para-hydroxylation sites is 1. The molecule has 6 heteroatoms. The van der Waals surface area contributed by atoms with Gasteiger partial charge in [-0.3, -0.25) is 9.59 Å². The molecule has 3 aromatic rings. The fraction of sp³-hybridized carbons (Fsp3) is 0.238. The molecule has 2 aromatic carbocycles. The lowest BCUT2D eigenvalue weighted by atomic mass is 10.1. The molecule has 27 heavy (non-hydrogen) atoms. The first kappa shape index (κ1) is 18.5. The van der Waals surface area contributed by atoms with Crippen LogP contribution in [0.1, 0.15) is 35.9 Å². The minimum Gasteiger partial charge on any atom is -0.493 e. The van der Waals surface area contributed by atoms with Crippen molar-refractivity contribution in [3.05, 3.63) is 70.0 Å². The molecule has 1 unspecified atom stereocenters. The van der Waals surface area contributed by atoms with Gasteiger partial charge in [0.15, 0.2) is 16.9 Å². The van der Waals surface area contributed by atoms with Crippen molar-refractivity contribution in [2.24, 2.45) is 0 Å². The molecule has 1 amide bonds. The number of nitrogens with one attached hydrogen (secondary N) is 2. The first-order valence-corrected chi connectivity index (χ1v) is 8.77. The number of pyridine rings is 1. The maximum atomic E-state index is 12.6. The number of rotatable bonds is 6. The van der Waals surface area contributed by atoms with E-state index in [1.54, 1.807) is 25.3 Å². The first-order chi connectivity index (χ1) is 13.0. The number of carbonyl (C=O) groups excluding carboxylic acids is 1. The van der Waals surface area contributed by atoms with E-state index in [-0.39, 0.29) is 23.1 Å². The van der Waals surface area contributed by atoms with Gasteiger partial charge in [-0.25, -0.2) is 0 Å². The van der Waals surface area contributed by atoms with Gasteiger partial charge in [-0.15, -0.1) is 0 Å². The largest absolute Gasteiger partial charge is 0.493 e. The Hall–Kier alpha value is -3.28. The van der Waals surface area contributed by atoms with Crippen molar-refractivity contribution >= 4 is 16.8 Å². The average molecular weight is 366 g/mol. The molecule has 2 N–H and O–H groups in total. The van der Waals surface area contributed by atoms with E-state index in [1.807, 2.05) is 38.1 Å². The van der Waals surface area contributed by atoms with Crippen molar-refractivity contribution in [1.82, 2.24) is 10.3 Å². The van der Waals surface area contributed by atoms with Crippen LogP contribution in [0, 0.1) is 0 Å². The Kier molecular flexibility index (Phi) is 5.45. The second kappa shape index (κ2) is 7.95. The smallest absolute Gasteiger partial charge is 0.268 e. The van der Waals surface area contributed by atoms with Crippen LogP contribution < -0.4 is 20.2 Å². The summed E-state index contributed by atoms with van der Waals surface area (Å²) in [5.74, 6) is 0.911. The number of methoxy groups -OCH3 is 1. The SMILES string of the molecule is CCOc1ccc(C(C)NC(=O)c2cc(=O)c3ccccc3[nH]2)cc1OC. The zero-order valence-corrected chi connectivity index (χ0v) is 15.5. The maximum Gasteiger partial charge on any atom is 0.268 e. The molecular weight excluding hydrogens is 344 g/mol. The molecule has 0 fully saturated rings. The number of ether oxygens (including phenoxy) is 2. The minimum atomic E-state index is -0.349. The molecule has 1 heterocycles. The van der Waals surface area contributed by atoms with Gasteiger partial charge in [0, 0.05) is 17.0 Å². The monoisotopic (exact) mass is 366 g/mol. The Morgan fingerprint density at radius 2 is 1.93 bits per heavy atom. The van der Waals surface area contributed by atoms with E-state index < -0.39 is 0 Å². The van der Waals surface area contributed by atoms with Crippen molar-refractivity contribution in [1.29, 1.82) is 0 Å². The minimum absolute atomic E-state index is 0.190. The molecule has 0 spiro atoms. The summed E-state index contributed by atoms with van der Waals surface area (Å²) in [6.45, 7) is 4.31. The summed E-state index contributed by atoms with van der Waals surface area (Å²) < 4.78 is 10.9. The third-order valence-corrected chi connectivity index (χ3v) is 4.32. The van der Waals surface area contributed by atoms with Crippen molar-refractivity contribution in [3.63, 3.8) is 0 Å². The summed E-state index contributed by atoms with van der Waals surface area (Å²) >= 11 is 0. The lowest BCUT2D eigenvalue weighted by Crippen LogP contribution is -2.28. The van der Waals surface area contributed by atoms with Gasteiger partial charge in [-0.05, 0) is 43.7 Å². The van der Waals surface area contributed by atoms with E-state index in [0.29, 0.717) is 29.0 Å². The van der Waals surface area contributed by atoms with Gasteiger partial charge in [-0.2, -0.15) is 0 Å². The van der Waals surface area contributed by atoms with Gasteiger partial charge in [0.05, 0.1) is 19.8 Å². The number of fused-ring (bicyclic) bond motifs is 1. The van der Waals surface area contributed by atoms with Gasteiger partial charge < -0.3 is 19.8 Å². The number of H-pyrrole nitrogens is 1. The second-order valence-electron chi connectivity index (χ2n) is 6.13. The van der Waals surface area contributed by atoms with Crippen LogP contribution in [-0.2, 0) is 0 Å². The Labute approximate surface area is 157 Å². The fourth-order valence-electron chi connectivity index (χ4n) is 2.91. The highest BCUT2D eigenvalue weighted by Crippen LogP contribution is 2.30. The van der Waals surface area contributed by atoms with Crippen LogP contribution >= 0.6 is 0 Å². The molecule has 1 aromatic heterocycles. The van der Waals surface area contributed by atoms with Crippen LogP contribution in [0.3, 0.4) is 0 Å². The second-order valence-corrected chi connectivity index (χ2v) is 6.13. The molecule has 140 valence electrons. The molecule has 0 aliphatic heterocycles. The Morgan fingerprint density at radius 3 is 2.67 bits per heavy atom. The van der Waals surface area contributed by atoms with Crippen LogP contribution in [0.5, 0.6) is 11.5 Å². The molecule has 0 aliphatic carbocycles. The zero-order valence-electron chi connectivity index (χ0n) is 15.5. The molecule has 3 rings (SSSR count). The number of benzene rings is 2. The number of aromatic amines is 1. The first-order valence-electron chi connectivity index (χ1n) is 8.77. The van der Waals surface area contributed by atoms with E-state index in [4.69, 9.17) is 9.47 Å². The van der Waals surface area contributed by atoms with Crippen LogP contribution in [0.15, 0.2) is 53.3 Å². The number of hydrogen-bond donors (Lipinski definition) is 2. The van der Waals surface area contributed by atoms with Crippen molar-refractivity contribution < 1.29 is 14.3 Å². The van der Waals surface area contributed by atoms with E-state index in [9.17, 15) is 9.59 Å². The Bertz CT molecular complexity index is 1030. The Balaban J connectivity index is 1.82. The highest BCUT2D eigenvalue weighted by atomic mass is 16.5. The molecule has 6 nitrogen and oxygen atoms in total. The highest BCUT2D eigenvalue weighted by molar-refractivity contribution is 5.95. The summed E-state index contributed by atoms with van der Waals surface area (Å²) in [5.41, 5.74) is 1.53. The van der Waals surface area contributed by atoms with Crippen molar-refractivity contribution in [2.75, 3.05) is 13.7 Å². The van der Waals surface area contributed by atoms with E-state index in [0.717, 1.165) is 5.56 Å². The molecule has 0 saturated carbocycles. The number of amides is 1. The quantitative estimate of drug-likeness (QED) is 0.700. The highest BCUT2D eigenvalue weighted by Gasteiger charge is 2.15. The van der Waals surface area contributed by atoms with E-state index >= 15 is 0 Å². The van der Waals surface area contributed by atoms with E-state index in [2.05, 4.69) is 10.3 Å². The normalized spacial score (nSPS) is 11.8. The average Bonchev–Trinajstić information content (AvgIpc) is 2.68. The van der Waals surface area contributed by atoms with E-state index in [1.165, 1.54) is 6.07 Å². The topological polar surface area (TPSA) is 80.4 Å². The number of aromatic nitrogens is 1. The van der Waals surface area contributed by atoms with Crippen LogP contribution in [0.25, 0.3) is 10.9 Å². The standard InChI is InChI=1S/C21H22N2O4/c1-4-27-19-10-9-14(11-20(19)26-3)13(2)22-21(25)17-12-18(24)15-7-5-6-8-16(15)23-17/h5-13H,4H2,1-3H3,(H,22,25)(H,23,24). The third kappa shape index (κ3) is 3.95. The lowest BCUT2D eigenvalue weighted by Gasteiger charge is -2.17. The third-order valence-electron chi connectivity index (χ3n) is 4.32. The van der Waals surface area contributed by atoms with Gasteiger partial charge in [0.2, 0.25) is 0 Å². The summed E-state index contributed by atoms with van der Waals surface area (Å²) in [6, 6.07) is 13.7. The predicted molar refractivity (Wildman–Crippen MR) is 105 cm³/mol. The van der Waals surface area contributed by atoms with Crippen molar-refractivity contribution in [3.8, 4) is 11.5 Å². The van der Waals surface area contributed by atoms with Gasteiger partial charge in [0.25, 0.3) is 5.91 Å². The maximum absolute atomic E-state index is 12.6. The molecule has 0 saturated heterocycles. The van der Waals surface area contributed by atoms with Crippen molar-refractivity contribution in [2.45, 2.75) is 19.9 Å². The summed E-state index contributed by atoms with van der Waals surface area (Å²) in [4.78, 5) is 27.8. The van der Waals surface area contributed by atoms with Gasteiger partial charge >= 0.3 is 0 Å². The van der Waals surface area contributed by atoms with Crippen LogP contribution in [0.4, 0.5) is 0 Å². The number of hydrogen-bond acceptors (Lipinski definition) is 4. The van der Waals surface area contributed by atoms with Crippen LogP contribution in [-0.4, -0.2) is 24.6 Å². The fourth-order valence-corrected chi connectivity index (χ4v) is 2.91. The molecular formula is C21H22N2O4. The molecule has 0 bridgehead atoms. The number of carbonyl (C=O) groups is 1. The lowest BCUT2D eigenvalue weighted by molar-refractivity contribution is 0.0935. The molecule has 0 radical (unpaired) electrons. The summed E-state index contributed by atoms with van der Waals surface area (Å²) in [7, 11) is 1.57. The van der Waals surface area contributed by atoms with Crippen LogP contribution in [0.2, 0.25) is 0 Å².